The zero-order chi connectivity index (χ0) is 17.9. The first kappa shape index (κ1) is 16.8. The second kappa shape index (κ2) is 7.29. The second-order valence-corrected chi connectivity index (χ2v) is 6.56. The number of nitrogens with zero attached hydrogens (tertiary/aromatic N) is 4. The molecule has 0 saturated heterocycles. The van der Waals surface area contributed by atoms with E-state index < -0.39 is 0 Å². The van der Waals surface area contributed by atoms with Crippen LogP contribution in [0.4, 0.5) is 5.95 Å². The van der Waals surface area contributed by atoms with Gasteiger partial charge in [0.1, 0.15) is 0 Å². The first-order valence-corrected chi connectivity index (χ1v) is 9.13. The van der Waals surface area contributed by atoms with Crippen LogP contribution in [0.25, 0.3) is 16.7 Å². The van der Waals surface area contributed by atoms with Crippen LogP contribution in [0.2, 0.25) is 0 Å². The molecule has 0 radical (unpaired) electrons. The van der Waals surface area contributed by atoms with Gasteiger partial charge in [-0.3, -0.25) is 0 Å². The van der Waals surface area contributed by atoms with Crippen molar-refractivity contribution in [2.24, 2.45) is 0 Å². The van der Waals surface area contributed by atoms with E-state index in [4.69, 9.17) is 4.74 Å². The van der Waals surface area contributed by atoms with Gasteiger partial charge in [0.15, 0.2) is 5.82 Å². The van der Waals surface area contributed by atoms with Crippen molar-refractivity contribution < 1.29 is 9.84 Å². The predicted molar refractivity (Wildman–Crippen MR) is 99.7 cm³/mol. The molecule has 3 aromatic rings. The number of hydrogen-bond acceptors (Lipinski definition) is 6. The Kier molecular flexibility index (Phi) is 4.71. The van der Waals surface area contributed by atoms with Crippen molar-refractivity contribution in [2.45, 2.75) is 44.8 Å². The zero-order valence-corrected chi connectivity index (χ0v) is 14.8. The average Bonchev–Trinajstić information content (AvgIpc) is 3.03. The van der Waals surface area contributed by atoms with Crippen LogP contribution in [0.5, 0.6) is 5.88 Å². The summed E-state index contributed by atoms with van der Waals surface area (Å²) in [4.78, 5) is 8.98. The van der Waals surface area contributed by atoms with Crippen LogP contribution >= 0.6 is 0 Å². The number of ether oxygens (including phenoxy) is 1. The molecule has 136 valence electrons. The molecule has 1 aliphatic rings. The maximum Gasteiger partial charge on any atom is 0.241 e. The Morgan fingerprint density at radius 2 is 2.00 bits per heavy atom. The van der Waals surface area contributed by atoms with Crippen LogP contribution in [0.15, 0.2) is 36.5 Å². The van der Waals surface area contributed by atoms with E-state index in [1.807, 2.05) is 37.3 Å². The molecule has 0 bridgehead atoms. The van der Waals surface area contributed by atoms with E-state index in [0.29, 0.717) is 30.3 Å². The topological polar surface area (TPSA) is 85.1 Å². The fraction of sp³-hybridized carbons (Fsp3) is 0.421. The third-order valence-electron chi connectivity index (χ3n) is 4.72. The summed E-state index contributed by atoms with van der Waals surface area (Å²) in [6.45, 7) is 2.51. The van der Waals surface area contributed by atoms with Gasteiger partial charge in [0.05, 0.1) is 23.6 Å². The Labute approximate surface area is 152 Å². The highest BCUT2D eigenvalue weighted by molar-refractivity contribution is 5.85. The summed E-state index contributed by atoms with van der Waals surface area (Å²) in [6, 6.07) is 10.1. The Balaban J connectivity index is 1.63. The number of aliphatic hydroxyl groups excluding tert-OH is 1. The van der Waals surface area contributed by atoms with Crippen molar-refractivity contribution in [3.8, 4) is 11.7 Å². The minimum absolute atomic E-state index is 0.173. The maximum atomic E-state index is 9.65. The van der Waals surface area contributed by atoms with Gasteiger partial charge in [-0.25, -0.2) is 9.67 Å². The van der Waals surface area contributed by atoms with Crippen LogP contribution in [0.3, 0.4) is 0 Å². The maximum absolute atomic E-state index is 9.65. The SMILES string of the molecule is CCOc1nn(-c2ccnc(N[C@H]3CC[C@H](O)CC3)n2)c2ccccc12. The number of anilines is 1. The molecule has 0 unspecified atom stereocenters. The van der Waals surface area contributed by atoms with Gasteiger partial charge in [-0.2, -0.15) is 4.98 Å². The smallest absolute Gasteiger partial charge is 0.241 e. The lowest BCUT2D eigenvalue weighted by Crippen LogP contribution is -2.29. The van der Waals surface area contributed by atoms with E-state index in [-0.39, 0.29) is 6.10 Å². The quantitative estimate of drug-likeness (QED) is 0.734. The van der Waals surface area contributed by atoms with Crippen molar-refractivity contribution in [1.29, 1.82) is 0 Å². The molecule has 1 fully saturated rings. The van der Waals surface area contributed by atoms with E-state index in [0.717, 1.165) is 36.6 Å². The number of hydrogen-bond donors (Lipinski definition) is 2. The predicted octanol–water partition coefficient (Wildman–Crippen LogP) is 2.93. The van der Waals surface area contributed by atoms with Gasteiger partial charge in [0, 0.05) is 18.3 Å². The van der Waals surface area contributed by atoms with Gasteiger partial charge in [0.25, 0.3) is 0 Å². The summed E-state index contributed by atoms with van der Waals surface area (Å²) in [5, 5.41) is 18.6. The molecule has 4 rings (SSSR count). The molecule has 7 heteroatoms. The summed E-state index contributed by atoms with van der Waals surface area (Å²) in [5.74, 6) is 1.89. The highest BCUT2D eigenvalue weighted by Crippen LogP contribution is 2.27. The fourth-order valence-corrected chi connectivity index (χ4v) is 3.40. The average molecular weight is 353 g/mol. The van der Waals surface area contributed by atoms with Crippen LogP contribution in [0.1, 0.15) is 32.6 Å². The number of nitrogens with one attached hydrogen (secondary N) is 1. The highest BCUT2D eigenvalue weighted by Gasteiger charge is 2.20. The number of rotatable bonds is 5. The first-order chi connectivity index (χ1) is 12.7. The van der Waals surface area contributed by atoms with Gasteiger partial charge < -0.3 is 15.2 Å². The molecular weight excluding hydrogens is 330 g/mol. The lowest BCUT2D eigenvalue weighted by Gasteiger charge is -2.26. The van der Waals surface area contributed by atoms with Crippen molar-refractivity contribution >= 4 is 16.9 Å². The summed E-state index contributed by atoms with van der Waals surface area (Å²) in [7, 11) is 0. The van der Waals surface area contributed by atoms with Crippen molar-refractivity contribution in [1.82, 2.24) is 19.7 Å². The van der Waals surface area contributed by atoms with Gasteiger partial charge in [-0.05, 0) is 44.7 Å². The summed E-state index contributed by atoms with van der Waals surface area (Å²) in [6.07, 6.45) is 5.05. The normalized spacial score (nSPS) is 20.2. The van der Waals surface area contributed by atoms with Crippen molar-refractivity contribution in [2.75, 3.05) is 11.9 Å². The molecular formula is C19H23N5O2. The Hall–Kier alpha value is -2.67. The molecule has 2 heterocycles. The molecule has 1 aromatic carbocycles. The minimum atomic E-state index is -0.173. The van der Waals surface area contributed by atoms with Gasteiger partial charge >= 0.3 is 0 Å². The molecule has 0 amide bonds. The van der Waals surface area contributed by atoms with Crippen LogP contribution in [-0.2, 0) is 0 Å². The molecule has 2 N–H and O–H groups in total. The summed E-state index contributed by atoms with van der Waals surface area (Å²) >= 11 is 0. The van der Waals surface area contributed by atoms with E-state index in [1.165, 1.54) is 0 Å². The second-order valence-electron chi connectivity index (χ2n) is 6.56. The standard InChI is InChI=1S/C19H23N5O2/c1-2-26-18-15-5-3-4-6-16(15)24(23-18)17-11-12-20-19(22-17)21-13-7-9-14(25)10-8-13/h3-6,11-14,25H,2,7-10H2,1H3,(H,20,21,22)/t13-,14-. The Bertz CT molecular complexity index is 887. The van der Waals surface area contributed by atoms with Crippen molar-refractivity contribution in [3.63, 3.8) is 0 Å². The van der Waals surface area contributed by atoms with Crippen LogP contribution < -0.4 is 10.1 Å². The minimum Gasteiger partial charge on any atom is -0.476 e. The third kappa shape index (κ3) is 3.35. The van der Waals surface area contributed by atoms with E-state index in [1.54, 1.807) is 10.9 Å². The van der Waals surface area contributed by atoms with E-state index in [2.05, 4.69) is 20.4 Å². The van der Waals surface area contributed by atoms with Gasteiger partial charge in [-0.1, -0.05) is 12.1 Å². The van der Waals surface area contributed by atoms with E-state index in [9.17, 15) is 5.11 Å². The van der Waals surface area contributed by atoms with Crippen LogP contribution in [-0.4, -0.2) is 43.6 Å². The molecule has 1 aliphatic carbocycles. The van der Waals surface area contributed by atoms with Crippen LogP contribution in [0, 0.1) is 0 Å². The molecule has 26 heavy (non-hydrogen) atoms. The summed E-state index contributed by atoms with van der Waals surface area (Å²) < 4.78 is 7.46. The number of aromatic nitrogens is 4. The number of para-hydroxylation sites is 1. The van der Waals surface area contributed by atoms with Crippen molar-refractivity contribution in [3.05, 3.63) is 36.5 Å². The lowest BCUT2D eigenvalue weighted by molar-refractivity contribution is 0.126. The fourth-order valence-electron chi connectivity index (χ4n) is 3.40. The Morgan fingerprint density at radius 3 is 2.81 bits per heavy atom. The molecule has 0 atom stereocenters. The number of benzene rings is 1. The molecule has 2 aromatic heterocycles. The summed E-state index contributed by atoms with van der Waals surface area (Å²) in [5.41, 5.74) is 0.946. The highest BCUT2D eigenvalue weighted by atomic mass is 16.5. The Morgan fingerprint density at radius 1 is 1.19 bits per heavy atom. The number of aliphatic hydroxyl groups is 1. The largest absolute Gasteiger partial charge is 0.476 e. The molecule has 1 saturated carbocycles. The number of fused-ring (bicyclic) bond motifs is 1. The molecule has 0 spiro atoms. The lowest BCUT2D eigenvalue weighted by atomic mass is 9.93. The third-order valence-corrected chi connectivity index (χ3v) is 4.72. The molecule has 0 aliphatic heterocycles. The van der Waals surface area contributed by atoms with Gasteiger partial charge in [-0.15, -0.1) is 5.10 Å². The monoisotopic (exact) mass is 353 g/mol. The van der Waals surface area contributed by atoms with E-state index >= 15 is 0 Å². The first-order valence-electron chi connectivity index (χ1n) is 9.13. The molecule has 7 nitrogen and oxygen atoms in total. The van der Waals surface area contributed by atoms with Gasteiger partial charge in [0.2, 0.25) is 11.8 Å². The zero-order valence-electron chi connectivity index (χ0n) is 14.8.